The molecule has 32 heavy (non-hydrogen) atoms. The lowest BCUT2D eigenvalue weighted by Gasteiger charge is -2.39. The van der Waals surface area contributed by atoms with E-state index in [-0.39, 0.29) is 36.1 Å². The first-order valence-electron chi connectivity index (χ1n) is 10.9. The molecule has 0 N–H and O–H groups in total. The maximum absolute atomic E-state index is 13.6. The Morgan fingerprint density at radius 3 is 2.66 bits per heavy atom. The molecule has 1 unspecified atom stereocenters. The molecule has 3 aromatic rings. The third kappa shape index (κ3) is 4.28. The van der Waals surface area contributed by atoms with E-state index < -0.39 is 0 Å². The Morgan fingerprint density at radius 1 is 1.12 bits per heavy atom. The van der Waals surface area contributed by atoms with Crippen molar-refractivity contribution in [3.05, 3.63) is 78.0 Å². The number of aromatic nitrogens is 1. The van der Waals surface area contributed by atoms with Crippen LogP contribution in [0.1, 0.15) is 41.7 Å². The summed E-state index contributed by atoms with van der Waals surface area (Å²) in [5, 5.41) is 0. The summed E-state index contributed by atoms with van der Waals surface area (Å²) in [4.78, 5) is 30.1. The van der Waals surface area contributed by atoms with Gasteiger partial charge in [0.05, 0.1) is 13.4 Å². The normalized spacial score (nSPS) is 15.5. The first kappa shape index (κ1) is 21.7. The number of amides is 2. The summed E-state index contributed by atoms with van der Waals surface area (Å²) in [7, 11) is 1.64. The van der Waals surface area contributed by atoms with Gasteiger partial charge in [0.15, 0.2) is 5.76 Å². The smallest absolute Gasteiger partial charge is 0.290 e. The van der Waals surface area contributed by atoms with Gasteiger partial charge in [-0.15, -0.1) is 0 Å². The minimum absolute atomic E-state index is 0.00985. The largest absolute Gasteiger partial charge is 0.496 e. The molecule has 1 aliphatic rings. The van der Waals surface area contributed by atoms with E-state index >= 15 is 0 Å². The fourth-order valence-corrected chi connectivity index (χ4v) is 4.34. The first-order chi connectivity index (χ1) is 15.5. The van der Waals surface area contributed by atoms with Crippen molar-refractivity contribution in [3.8, 4) is 5.75 Å². The van der Waals surface area contributed by atoms with Gasteiger partial charge >= 0.3 is 0 Å². The molecule has 0 fully saturated rings. The maximum Gasteiger partial charge on any atom is 0.290 e. The zero-order valence-electron chi connectivity index (χ0n) is 18.7. The number of ether oxygens (including phenoxy) is 1. The van der Waals surface area contributed by atoms with E-state index in [1.54, 1.807) is 24.1 Å². The van der Waals surface area contributed by atoms with Crippen molar-refractivity contribution in [2.45, 2.75) is 26.4 Å². The van der Waals surface area contributed by atoms with Crippen molar-refractivity contribution in [3.63, 3.8) is 0 Å². The summed E-state index contributed by atoms with van der Waals surface area (Å²) < 4.78 is 13.1. The number of carbonyl (C=O) groups is 2. The summed E-state index contributed by atoms with van der Waals surface area (Å²) >= 11 is 0. The minimum atomic E-state index is -0.290. The van der Waals surface area contributed by atoms with Crippen LogP contribution in [0.2, 0.25) is 0 Å². The molecule has 7 nitrogen and oxygen atoms in total. The first-order valence-corrected chi connectivity index (χ1v) is 10.9. The molecule has 1 aromatic carbocycles. The predicted octanol–water partition coefficient (Wildman–Crippen LogP) is 3.82. The second-order valence-electron chi connectivity index (χ2n) is 8.41. The highest BCUT2D eigenvalue weighted by molar-refractivity contribution is 5.94. The second-order valence-corrected chi connectivity index (χ2v) is 8.41. The molecule has 1 aliphatic heterocycles. The van der Waals surface area contributed by atoms with Crippen LogP contribution < -0.4 is 4.74 Å². The lowest BCUT2D eigenvalue weighted by atomic mass is 9.98. The number of methoxy groups -OCH3 is 1. The number of nitrogens with zero attached hydrogens (tertiary/aromatic N) is 3. The molecule has 0 saturated carbocycles. The SMILES string of the molecule is COc1ccccc1C1c2cccn2CCN1C(=O)CN(CC(C)C)C(=O)c1ccco1. The van der Waals surface area contributed by atoms with Crippen molar-refractivity contribution >= 4 is 11.8 Å². The van der Waals surface area contributed by atoms with Gasteiger partial charge in [-0.3, -0.25) is 9.59 Å². The molecule has 0 spiro atoms. The molecule has 0 radical (unpaired) electrons. The minimum Gasteiger partial charge on any atom is -0.496 e. The standard InChI is InChI=1S/C25H29N3O4/c1-18(2)16-27(25(30)22-11-7-15-32-22)17-23(29)28-14-13-26-12-6-9-20(26)24(28)19-8-4-5-10-21(19)31-3/h4-12,15,18,24H,13-14,16-17H2,1-3H3. The van der Waals surface area contributed by atoms with E-state index in [0.717, 1.165) is 17.0 Å². The van der Waals surface area contributed by atoms with E-state index in [1.807, 2.05) is 61.3 Å². The number of rotatable bonds is 7. The number of para-hydroxylation sites is 1. The van der Waals surface area contributed by atoms with E-state index in [2.05, 4.69) is 4.57 Å². The molecule has 4 rings (SSSR count). The van der Waals surface area contributed by atoms with E-state index in [9.17, 15) is 9.59 Å². The molecule has 0 aliphatic carbocycles. The fraction of sp³-hybridized carbons (Fsp3) is 0.360. The molecule has 2 amide bonds. The molecule has 1 atom stereocenters. The van der Waals surface area contributed by atoms with Crippen molar-refractivity contribution in [1.82, 2.24) is 14.4 Å². The van der Waals surface area contributed by atoms with Crippen LogP contribution in [0.25, 0.3) is 0 Å². The molecular formula is C25H29N3O4. The van der Waals surface area contributed by atoms with E-state index in [1.165, 1.54) is 6.26 Å². The maximum atomic E-state index is 13.6. The highest BCUT2D eigenvalue weighted by atomic mass is 16.5. The number of furan rings is 1. The number of carbonyl (C=O) groups excluding carboxylic acids is 2. The van der Waals surface area contributed by atoms with Crippen LogP contribution >= 0.6 is 0 Å². The van der Waals surface area contributed by atoms with Crippen LogP contribution in [-0.4, -0.2) is 52.9 Å². The third-order valence-corrected chi connectivity index (χ3v) is 5.72. The summed E-state index contributed by atoms with van der Waals surface area (Å²) in [6.07, 6.45) is 3.50. The number of fused-ring (bicyclic) bond motifs is 1. The van der Waals surface area contributed by atoms with Gasteiger partial charge in [0, 0.05) is 37.1 Å². The molecule has 7 heteroatoms. The van der Waals surface area contributed by atoms with Crippen molar-refractivity contribution < 1.29 is 18.7 Å². The predicted molar refractivity (Wildman–Crippen MR) is 120 cm³/mol. The van der Waals surface area contributed by atoms with Crippen LogP contribution in [0.3, 0.4) is 0 Å². The van der Waals surface area contributed by atoms with Crippen molar-refractivity contribution in [1.29, 1.82) is 0 Å². The van der Waals surface area contributed by atoms with Crippen LogP contribution in [0.4, 0.5) is 0 Å². The van der Waals surface area contributed by atoms with Crippen LogP contribution in [0, 0.1) is 5.92 Å². The molecule has 3 heterocycles. The highest BCUT2D eigenvalue weighted by Gasteiger charge is 2.35. The molecule has 2 aromatic heterocycles. The zero-order valence-corrected chi connectivity index (χ0v) is 18.7. The molecule has 0 bridgehead atoms. The Labute approximate surface area is 188 Å². The van der Waals surface area contributed by atoms with Crippen molar-refractivity contribution in [2.75, 3.05) is 26.7 Å². The van der Waals surface area contributed by atoms with Crippen LogP contribution in [0.15, 0.2) is 65.4 Å². The monoisotopic (exact) mass is 435 g/mol. The second kappa shape index (κ2) is 9.34. The number of benzene rings is 1. The highest BCUT2D eigenvalue weighted by Crippen LogP contribution is 2.37. The van der Waals surface area contributed by atoms with Crippen LogP contribution in [0.5, 0.6) is 5.75 Å². The van der Waals surface area contributed by atoms with Gasteiger partial charge in [-0.05, 0) is 36.2 Å². The lowest BCUT2D eigenvalue weighted by molar-refractivity contribution is -0.134. The molecule has 168 valence electrons. The van der Waals surface area contributed by atoms with Gasteiger partial charge < -0.3 is 23.5 Å². The lowest BCUT2D eigenvalue weighted by Crippen LogP contribution is -2.48. The van der Waals surface area contributed by atoms with E-state index in [4.69, 9.17) is 9.15 Å². The van der Waals surface area contributed by atoms with Gasteiger partial charge in [-0.2, -0.15) is 0 Å². The Kier molecular flexibility index (Phi) is 6.35. The topological polar surface area (TPSA) is 67.9 Å². The molecular weight excluding hydrogens is 406 g/mol. The summed E-state index contributed by atoms with van der Waals surface area (Å²) in [6, 6.07) is 14.8. The zero-order chi connectivity index (χ0) is 22.7. The Bertz CT molecular complexity index is 1070. The van der Waals surface area contributed by atoms with Gasteiger partial charge in [0.1, 0.15) is 18.3 Å². The third-order valence-electron chi connectivity index (χ3n) is 5.72. The summed E-state index contributed by atoms with van der Waals surface area (Å²) in [5.74, 6) is 0.813. The Morgan fingerprint density at radius 2 is 1.94 bits per heavy atom. The quantitative estimate of drug-likeness (QED) is 0.566. The van der Waals surface area contributed by atoms with Crippen molar-refractivity contribution in [2.24, 2.45) is 5.92 Å². The number of hydrogen-bond donors (Lipinski definition) is 0. The summed E-state index contributed by atoms with van der Waals surface area (Å²) in [6.45, 7) is 5.76. The molecule has 0 saturated heterocycles. The number of hydrogen-bond acceptors (Lipinski definition) is 4. The summed E-state index contributed by atoms with van der Waals surface area (Å²) in [5.41, 5.74) is 1.96. The Hall–Kier alpha value is -3.48. The average Bonchev–Trinajstić information content (AvgIpc) is 3.49. The van der Waals surface area contributed by atoms with E-state index in [0.29, 0.717) is 19.6 Å². The average molecular weight is 436 g/mol. The van der Waals surface area contributed by atoms with Gasteiger partial charge in [0.25, 0.3) is 5.91 Å². The van der Waals surface area contributed by atoms with Gasteiger partial charge in [0.2, 0.25) is 5.91 Å². The van der Waals surface area contributed by atoms with Gasteiger partial charge in [-0.25, -0.2) is 0 Å². The van der Waals surface area contributed by atoms with Crippen LogP contribution in [-0.2, 0) is 11.3 Å². The fourth-order valence-electron chi connectivity index (χ4n) is 4.34. The van der Waals surface area contributed by atoms with Gasteiger partial charge in [-0.1, -0.05) is 32.0 Å². The Balaban J connectivity index is 1.65.